The molecule has 0 spiro atoms. The summed E-state index contributed by atoms with van der Waals surface area (Å²) in [6.45, 7) is 4.81. The van der Waals surface area contributed by atoms with E-state index in [1.165, 1.54) is 11.1 Å². The van der Waals surface area contributed by atoms with Gasteiger partial charge in [0.15, 0.2) is 6.29 Å². The summed E-state index contributed by atoms with van der Waals surface area (Å²) in [6, 6.07) is 10.3. The molecular formula is C17H16N2OS. The van der Waals surface area contributed by atoms with Crippen LogP contribution >= 0.6 is 11.3 Å². The van der Waals surface area contributed by atoms with Gasteiger partial charge in [0.2, 0.25) is 0 Å². The summed E-state index contributed by atoms with van der Waals surface area (Å²) in [5.41, 5.74) is 5.03. The Morgan fingerprint density at radius 3 is 2.67 bits per heavy atom. The molecule has 0 amide bonds. The van der Waals surface area contributed by atoms with Gasteiger partial charge in [-0.3, -0.25) is 9.48 Å². The quantitative estimate of drug-likeness (QED) is 0.680. The summed E-state index contributed by atoms with van der Waals surface area (Å²) >= 11 is 1.62. The predicted molar refractivity (Wildman–Crippen MR) is 85.9 cm³/mol. The number of thiophene rings is 1. The number of benzene rings is 1. The van der Waals surface area contributed by atoms with Gasteiger partial charge in [0.1, 0.15) is 5.69 Å². The first-order valence-corrected chi connectivity index (χ1v) is 7.68. The van der Waals surface area contributed by atoms with E-state index in [9.17, 15) is 4.79 Å². The third-order valence-electron chi connectivity index (χ3n) is 3.59. The smallest absolute Gasteiger partial charge is 0.153 e. The van der Waals surface area contributed by atoms with E-state index in [0.29, 0.717) is 12.1 Å². The van der Waals surface area contributed by atoms with Crippen LogP contribution < -0.4 is 0 Å². The summed E-state index contributed by atoms with van der Waals surface area (Å²) in [6.07, 6.45) is 2.71. The van der Waals surface area contributed by atoms with E-state index in [2.05, 4.69) is 30.2 Å². The zero-order valence-corrected chi connectivity index (χ0v) is 12.9. The van der Waals surface area contributed by atoms with Crippen LogP contribution in [0.5, 0.6) is 0 Å². The van der Waals surface area contributed by atoms with Crippen LogP contribution in [0.4, 0.5) is 0 Å². The Balaban J connectivity index is 1.99. The molecule has 0 atom stereocenters. The Morgan fingerprint density at radius 1 is 1.19 bits per heavy atom. The Morgan fingerprint density at radius 2 is 2.00 bits per heavy atom. The van der Waals surface area contributed by atoms with Gasteiger partial charge in [0.25, 0.3) is 0 Å². The van der Waals surface area contributed by atoms with Crippen LogP contribution in [0, 0.1) is 13.8 Å². The first kappa shape index (κ1) is 13.8. The SMILES string of the molecule is Cc1ccccc1Cn1cc(C=O)c(-c2sccc2C)n1. The topological polar surface area (TPSA) is 34.9 Å². The normalized spacial score (nSPS) is 10.8. The maximum absolute atomic E-state index is 11.3. The van der Waals surface area contributed by atoms with Crippen molar-refractivity contribution in [1.82, 2.24) is 9.78 Å². The second-order valence-electron chi connectivity index (χ2n) is 5.11. The molecule has 1 aromatic carbocycles. The predicted octanol–water partition coefficient (Wildman–Crippen LogP) is 4.09. The lowest BCUT2D eigenvalue weighted by molar-refractivity contribution is 0.112. The Bertz CT molecular complexity index is 786. The lowest BCUT2D eigenvalue weighted by Crippen LogP contribution is -2.02. The average Bonchev–Trinajstić information content (AvgIpc) is 3.07. The maximum Gasteiger partial charge on any atom is 0.153 e. The minimum absolute atomic E-state index is 0.647. The molecule has 0 saturated heterocycles. The third kappa shape index (κ3) is 2.67. The highest BCUT2D eigenvalue weighted by Crippen LogP contribution is 2.30. The van der Waals surface area contributed by atoms with Crippen LogP contribution in [0.2, 0.25) is 0 Å². The molecule has 0 N–H and O–H groups in total. The van der Waals surface area contributed by atoms with Crippen LogP contribution in [-0.4, -0.2) is 16.1 Å². The third-order valence-corrected chi connectivity index (χ3v) is 4.61. The van der Waals surface area contributed by atoms with Crippen LogP contribution in [0.3, 0.4) is 0 Å². The molecule has 0 saturated carbocycles. The molecule has 0 unspecified atom stereocenters. The summed E-state index contributed by atoms with van der Waals surface area (Å²) in [5.74, 6) is 0. The van der Waals surface area contributed by atoms with Gasteiger partial charge in [-0.25, -0.2) is 0 Å². The van der Waals surface area contributed by atoms with Gasteiger partial charge in [-0.1, -0.05) is 24.3 Å². The Hall–Kier alpha value is -2.20. The van der Waals surface area contributed by atoms with E-state index in [1.807, 2.05) is 35.3 Å². The molecule has 4 heteroatoms. The summed E-state index contributed by atoms with van der Waals surface area (Å²) in [7, 11) is 0. The second-order valence-corrected chi connectivity index (χ2v) is 6.02. The molecule has 3 aromatic rings. The average molecular weight is 296 g/mol. The molecule has 0 aliphatic carbocycles. The lowest BCUT2D eigenvalue weighted by Gasteiger charge is -2.05. The second kappa shape index (κ2) is 5.66. The minimum Gasteiger partial charge on any atom is -0.298 e. The van der Waals surface area contributed by atoms with Crippen molar-refractivity contribution in [3.63, 3.8) is 0 Å². The minimum atomic E-state index is 0.647. The summed E-state index contributed by atoms with van der Waals surface area (Å²) < 4.78 is 1.85. The van der Waals surface area contributed by atoms with Crippen molar-refractivity contribution in [3.05, 3.63) is 64.2 Å². The van der Waals surface area contributed by atoms with Gasteiger partial charge in [-0.2, -0.15) is 5.10 Å². The zero-order chi connectivity index (χ0) is 14.8. The van der Waals surface area contributed by atoms with Gasteiger partial charge >= 0.3 is 0 Å². The standard InChI is InChI=1S/C17H16N2OS/c1-12-5-3-4-6-14(12)9-19-10-15(11-20)16(18-19)17-13(2)7-8-21-17/h3-8,10-11H,9H2,1-2H3. The Labute approximate surface area is 127 Å². The molecule has 3 rings (SSSR count). The maximum atomic E-state index is 11.3. The highest BCUT2D eigenvalue weighted by molar-refractivity contribution is 7.13. The van der Waals surface area contributed by atoms with Crippen LogP contribution in [0.1, 0.15) is 27.0 Å². The number of aromatic nitrogens is 2. The fourth-order valence-corrected chi connectivity index (χ4v) is 3.29. The number of nitrogens with zero attached hydrogens (tertiary/aromatic N) is 2. The molecule has 0 aliphatic rings. The molecule has 0 bridgehead atoms. The number of carbonyl (C=O) groups is 1. The van der Waals surface area contributed by atoms with Crippen LogP contribution in [0.15, 0.2) is 41.9 Å². The van der Waals surface area contributed by atoms with Crippen molar-refractivity contribution in [3.8, 4) is 10.6 Å². The number of rotatable bonds is 4. The number of carbonyl (C=O) groups excluding carboxylic acids is 1. The zero-order valence-electron chi connectivity index (χ0n) is 12.0. The lowest BCUT2D eigenvalue weighted by atomic mass is 10.1. The van der Waals surface area contributed by atoms with Crippen molar-refractivity contribution >= 4 is 17.6 Å². The summed E-state index contributed by atoms with van der Waals surface area (Å²) in [5, 5.41) is 6.64. The van der Waals surface area contributed by atoms with E-state index < -0.39 is 0 Å². The van der Waals surface area contributed by atoms with Crippen molar-refractivity contribution in [2.75, 3.05) is 0 Å². The first-order chi connectivity index (χ1) is 10.2. The number of hydrogen-bond donors (Lipinski definition) is 0. The van der Waals surface area contributed by atoms with Gasteiger partial charge in [0.05, 0.1) is 17.0 Å². The number of hydrogen-bond acceptors (Lipinski definition) is 3. The van der Waals surface area contributed by atoms with E-state index in [4.69, 9.17) is 0 Å². The molecule has 2 heterocycles. The van der Waals surface area contributed by atoms with E-state index >= 15 is 0 Å². The van der Waals surface area contributed by atoms with Crippen LogP contribution in [-0.2, 0) is 6.54 Å². The van der Waals surface area contributed by atoms with Gasteiger partial charge < -0.3 is 0 Å². The van der Waals surface area contributed by atoms with Crippen molar-refractivity contribution in [2.24, 2.45) is 0 Å². The fourth-order valence-electron chi connectivity index (χ4n) is 2.36. The highest BCUT2D eigenvalue weighted by atomic mass is 32.1. The molecule has 0 radical (unpaired) electrons. The number of aldehydes is 1. The van der Waals surface area contributed by atoms with Gasteiger partial charge in [-0.15, -0.1) is 11.3 Å². The first-order valence-electron chi connectivity index (χ1n) is 6.80. The van der Waals surface area contributed by atoms with Gasteiger partial charge in [0, 0.05) is 6.20 Å². The van der Waals surface area contributed by atoms with E-state index in [1.54, 1.807) is 11.3 Å². The molecule has 106 valence electrons. The fraction of sp³-hybridized carbons (Fsp3) is 0.176. The molecular weight excluding hydrogens is 280 g/mol. The largest absolute Gasteiger partial charge is 0.298 e. The number of aryl methyl sites for hydroxylation is 2. The molecule has 3 nitrogen and oxygen atoms in total. The van der Waals surface area contributed by atoms with Gasteiger partial charge in [-0.05, 0) is 42.0 Å². The van der Waals surface area contributed by atoms with E-state index in [0.717, 1.165) is 22.4 Å². The monoisotopic (exact) mass is 296 g/mol. The molecule has 0 aliphatic heterocycles. The van der Waals surface area contributed by atoms with E-state index in [-0.39, 0.29) is 0 Å². The molecule has 2 aromatic heterocycles. The van der Waals surface area contributed by atoms with Crippen molar-refractivity contribution in [1.29, 1.82) is 0 Å². The molecule has 0 fully saturated rings. The molecule has 21 heavy (non-hydrogen) atoms. The van der Waals surface area contributed by atoms with Crippen molar-refractivity contribution < 1.29 is 4.79 Å². The van der Waals surface area contributed by atoms with Crippen LogP contribution in [0.25, 0.3) is 10.6 Å². The summed E-state index contributed by atoms with van der Waals surface area (Å²) in [4.78, 5) is 12.4. The van der Waals surface area contributed by atoms with Crippen molar-refractivity contribution in [2.45, 2.75) is 20.4 Å². The highest BCUT2D eigenvalue weighted by Gasteiger charge is 2.14. The Kier molecular flexibility index (Phi) is 3.71.